The molecule has 1 aromatic carbocycles. The number of nitrogens with one attached hydrogen (secondary N) is 1. The molecule has 1 heterocycles. The lowest BCUT2D eigenvalue weighted by Gasteiger charge is -2.18. The summed E-state index contributed by atoms with van der Waals surface area (Å²) in [5.74, 6) is -0.295. The maximum atomic E-state index is 12.0. The van der Waals surface area contributed by atoms with Gasteiger partial charge in [-0.15, -0.1) is 0 Å². The molecular formula is C18H23NO3S. The highest BCUT2D eigenvalue weighted by Gasteiger charge is 2.17. The number of aliphatic hydroxyl groups is 1. The Hall–Kier alpha value is -1.69. The molecule has 124 valence electrons. The summed E-state index contributed by atoms with van der Waals surface area (Å²) in [7, 11) is 0. The third-order valence-electron chi connectivity index (χ3n) is 3.76. The minimum absolute atomic E-state index is 0.0847. The second-order valence-electron chi connectivity index (χ2n) is 5.56. The molecule has 0 radical (unpaired) electrons. The van der Waals surface area contributed by atoms with Crippen molar-refractivity contribution in [3.8, 4) is 0 Å². The van der Waals surface area contributed by atoms with Crippen LogP contribution in [0.4, 0.5) is 0 Å². The second kappa shape index (κ2) is 8.82. The van der Waals surface area contributed by atoms with E-state index in [9.17, 15) is 9.90 Å². The van der Waals surface area contributed by atoms with Crippen molar-refractivity contribution >= 4 is 17.2 Å². The van der Waals surface area contributed by atoms with Crippen LogP contribution in [0.15, 0.2) is 47.2 Å². The summed E-state index contributed by atoms with van der Waals surface area (Å²) in [5.41, 5.74) is 2.06. The molecule has 23 heavy (non-hydrogen) atoms. The summed E-state index contributed by atoms with van der Waals surface area (Å²) in [6, 6.07) is 11.8. The predicted octanol–water partition coefficient (Wildman–Crippen LogP) is 3.11. The maximum absolute atomic E-state index is 12.0. The van der Waals surface area contributed by atoms with E-state index in [1.165, 1.54) is 0 Å². The van der Waals surface area contributed by atoms with E-state index in [0.717, 1.165) is 11.1 Å². The maximum Gasteiger partial charge on any atom is 0.227 e. The number of hydrogen-bond donors (Lipinski definition) is 2. The smallest absolute Gasteiger partial charge is 0.227 e. The molecule has 2 rings (SSSR count). The first-order valence-electron chi connectivity index (χ1n) is 7.72. The van der Waals surface area contributed by atoms with Crippen LogP contribution in [-0.2, 0) is 9.53 Å². The summed E-state index contributed by atoms with van der Waals surface area (Å²) in [6.45, 7) is 4.18. The van der Waals surface area contributed by atoms with Gasteiger partial charge in [0, 0.05) is 6.54 Å². The van der Waals surface area contributed by atoms with E-state index in [1.54, 1.807) is 11.3 Å². The molecule has 0 aliphatic rings. The lowest BCUT2D eigenvalue weighted by molar-refractivity contribution is -0.122. The largest absolute Gasteiger partial charge is 0.389 e. The van der Waals surface area contributed by atoms with Gasteiger partial charge in [0.25, 0.3) is 0 Å². The van der Waals surface area contributed by atoms with Gasteiger partial charge in [-0.1, -0.05) is 30.3 Å². The highest BCUT2D eigenvalue weighted by molar-refractivity contribution is 7.08. The molecular weight excluding hydrogens is 310 g/mol. The van der Waals surface area contributed by atoms with E-state index < -0.39 is 6.10 Å². The number of thiophene rings is 1. The van der Waals surface area contributed by atoms with Crippen molar-refractivity contribution in [3.63, 3.8) is 0 Å². The first-order chi connectivity index (χ1) is 11.1. The lowest BCUT2D eigenvalue weighted by atomic mass is 10.0. The van der Waals surface area contributed by atoms with Gasteiger partial charge in [-0.25, -0.2) is 0 Å². The number of ether oxygens (including phenoxy) is 1. The van der Waals surface area contributed by atoms with Crippen molar-refractivity contribution in [2.45, 2.75) is 32.0 Å². The van der Waals surface area contributed by atoms with Crippen LogP contribution in [0.3, 0.4) is 0 Å². The van der Waals surface area contributed by atoms with Crippen LogP contribution in [0.5, 0.6) is 0 Å². The molecule has 1 amide bonds. The molecule has 0 bridgehead atoms. The van der Waals surface area contributed by atoms with E-state index in [0.29, 0.717) is 0 Å². The van der Waals surface area contributed by atoms with Gasteiger partial charge in [0.15, 0.2) is 0 Å². The SMILES string of the molecule is C[C@H](OC[C@@H](O)CNC(=O)[C@@H](C)c1ccsc1)c1ccccc1. The number of rotatable bonds is 8. The Morgan fingerprint density at radius 2 is 1.96 bits per heavy atom. The Morgan fingerprint density at radius 3 is 2.61 bits per heavy atom. The number of carbonyl (C=O) groups is 1. The number of amides is 1. The summed E-state index contributed by atoms with van der Waals surface area (Å²) in [5, 5.41) is 16.7. The second-order valence-corrected chi connectivity index (χ2v) is 6.34. The molecule has 0 saturated heterocycles. The normalized spacial score (nSPS) is 14.9. The zero-order valence-corrected chi connectivity index (χ0v) is 14.3. The zero-order valence-electron chi connectivity index (χ0n) is 13.4. The zero-order chi connectivity index (χ0) is 16.7. The Labute approximate surface area is 141 Å². The lowest BCUT2D eigenvalue weighted by Crippen LogP contribution is -2.36. The molecule has 5 heteroatoms. The summed E-state index contributed by atoms with van der Waals surface area (Å²) in [6.07, 6.45) is -0.814. The third-order valence-corrected chi connectivity index (χ3v) is 4.46. The van der Waals surface area contributed by atoms with Crippen molar-refractivity contribution in [2.75, 3.05) is 13.2 Å². The van der Waals surface area contributed by atoms with Gasteiger partial charge in [0.2, 0.25) is 5.91 Å². The Kier molecular flexibility index (Phi) is 6.77. The van der Waals surface area contributed by atoms with E-state index in [4.69, 9.17) is 4.74 Å². The van der Waals surface area contributed by atoms with Gasteiger partial charge in [0.05, 0.1) is 24.7 Å². The van der Waals surface area contributed by atoms with Crippen molar-refractivity contribution in [1.82, 2.24) is 5.32 Å². The van der Waals surface area contributed by atoms with E-state index in [2.05, 4.69) is 5.32 Å². The molecule has 0 spiro atoms. The van der Waals surface area contributed by atoms with Gasteiger partial charge in [0.1, 0.15) is 0 Å². The molecule has 2 aromatic rings. The molecule has 0 fully saturated rings. The third kappa shape index (κ3) is 5.46. The Morgan fingerprint density at radius 1 is 1.22 bits per heavy atom. The minimum Gasteiger partial charge on any atom is -0.389 e. The van der Waals surface area contributed by atoms with Gasteiger partial charge in [-0.05, 0) is 41.8 Å². The van der Waals surface area contributed by atoms with Crippen LogP contribution in [-0.4, -0.2) is 30.3 Å². The van der Waals surface area contributed by atoms with E-state index in [1.807, 2.05) is 61.0 Å². The number of carbonyl (C=O) groups excluding carboxylic acids is 1. The molecule has 4 nitrogen and oxygen atoms in total. The van der Waals surface area contributed by atoms with Gasteiger partial charge >= 0.3 is 0 Å². The fourth-order valence-corrected chi connectivity index (χ4v) is 2.93. The fourth-order valence-electron chi connectivity index (χ4n) is 2.18. The Balaban J connectivity index is 1.70. The average Bonchev–Trinajstić information content (AvgIpc) is 3.12. The molecule has 0 unspecified atom stereocenters. The van der Waals surface area contributed by atoms with Crippen LogP contribution < -0.4 is 5.32 Å². The molecule has 0 saturated carbocycles. The number of hydrogen-bond acceptors (Lipinski definition) is 4. The number of aliphatic hydroxyl groups excluding tert-OH is 1. The van der Waals surface area contributed by atoms with Crippen molar-refractivity contribution in [2.24, 2.45) is 0 Å². The predicted molar refractivity (Wildman–Crippen MR) is 92.6 cm³/mol. The first kappa shape index (κ1) is 17.7. The molecule has 0 aliphatic heterocycles. The average molecular weight is 333 g/mol. The van der Waals surface area contributed by atoms with Gasteiger partial charge in [-0.2, -0.15) is 11.3 Å². The molecule has 1 aromatic heterocycles. The summed E-state index contributed by atoms with van der Waals surface area (Å²) >= 11 is 1.57. The quantitative estimate of drug-likeness (QED) is 0.780. The Bertz CT molecular complexity index is 586. The number of benzene rings is 1. The van der Waals surface area contributed by atoms with Crippen molar-refractivity contribution in [3.05, 3.63) is 58.3 Å². The van der Waals surface area contributed by atoms with Gasteiger partial charge in [-0.3, -0.25) is 4.79 Å². The highest BCUT2D eigenvalue weighted by atomic mass is 32.1. The first-order valence-corrected chi connectivity index (χ1v) is 8.66. The fraction of sp³-hybridized carbons (Fsp3) is 0.389. The summed E-state index contributed by atoms with van der Waals surface area (Å²) in [4.78, 5) is 12.0. The van der Waals surface area contributed by atoms with Crippen molar-refractivity contribution in [1.29, 1.82) is 0 Å². The molecule has 0 aliphatic carbocycles. The molecule has 3 atom stereocenters. The molecule has 2 N–H and O–H groups in total. The topological polar surface area (TPSA) is 58.6 Å². The highest BCUT2D eigenvalue weighted by Crippen LogP contribution is 2.18. The standard InChI is InChI=1S/C18H23NO3S/c1-13(16-8-9-23-12-16)18(21)19-10-17(20)11-22-14(2)15-6-4-3-5-7-15/h3-9,12-14,17,20H,10-11H2,1-2H3,(H,19,21)/t13-,14-,17-/m0/s1. The van der Waals surface area contributed by atoms with E-state index in [-0.39, 0.29) is 31.1 Å². The summed E-state index contributed by atoms with van der Waals surface area (Å²) < 4.78 is 5.66. The van der Waals surface area contributed by atoms with Crippen LogP contribution in [0.2, 0.25) is 0 Å². The van der Waals surface area contributed by atoms with Crippen molar-refractivity contribution < 1.29 is 14.6 Å². The van der Waals surface area contributed by atoms with Crippen LogP contribution >= 0.6 is 11.3 Å². The van der Waals surface area contributed by atoms with E-state index >= 15 is 0 Å². The monoisotopic (exact) mass is 333 g/mol. The van der Waals surface area contributed by atoms with Gasteiger partial charge < -0.3 is 15.2 Å². The van der Waals surface area contributed by atoms with Crippen LogP contribution in [0.1, 0.15) is 37.0 Å². The van der Waals surface area contributed by atoms with Crippen LogP contribution in [0, 0.1) is 0 Å². The van der Waals surface area contributed by atoms with Crippen LogP contribution in [0.25, 0.3) is 0 Å². The minimum atomic E-state index is -0.722.